The van der Waals surface area contributed by atoms with Crippen molar-refractivity contribution in [2.75, 3.05) is 32.8 Å². The van der Waals surface area contributed by atoms with Gasteiger partial charge in [-0.15, -0.1) is 0 Å². The topological polar surface area (TPSA) is 576 Å². The van der Waals surface area contributed by atoms with E-state index in [1.54, 1.807) is 41.5 Å². The number of aliphatic hydroxyl groups excluding tert-OH is 1. The number of nitrogens with zero attached hydrogens (tertiary/aromatic N) is 3. The summed E-state index contributed by atoms with van der Waals surface area (Å²) >= 11 is 0. The van der Waals surface area contributed by atoms with Crippen LogP contribution < -0.4 is 88.0 Å². The maximum atomic E-state index is 14.1. The Balaban J connectivity index is 6.81. The molecule has 0 aliphatic rings. The molecule has 0 unspecified atom stereocenters. The number of aliphatic hydroxyl groups is 1. The molecule has 0 saturated heterocycles. The molecule has 0 spiro atoms. The average molecular weight is 1170 g/mol. The maximum absolute atomic E-state index is 14.1. The Bertz CT molecular complexity index is 2220. The Kier molecular flexibility index (Phi) is 35.4. The lowest BCUT2D eigenvalue weighted by Gasteiger charge is -2.29. The van der Waals surface area contributed by atoms with E-state index in [-0.39, 0.29) is 101 Å². The first-order chi connectivity index (χ1) is 38.3. The number of aliphatic imine (C=N–C) groups is 3. The molecule has 0 aromatic rings. The highest BCUT2D eigenvalue weighted by atomic mass is 16.4. The van der Waals surface area contributed by atoms with Crippen molar-refractivity contribution in [1.82, 2.24) is 47.9 Å². The van der Waals surface area contributed by atoms with Gasteiger partial charge in [0.1, 0.15) is 54.4 Å². The van der Waals surface area contributed by atoms with Crippen molar-refractivity contribution in [3.63, 3.8) is 0 Å². The van der Waals surface area contributed by atoms with Gasteiger partial charge in [0, 0.05) is 26.1 Å². The lowest BCUT2D eigenvalue weighted by atomic mass is 9.95. The van der Waals surface area contributed by atoms with E-state index in [1.807, 2.05) is 0 Å². The summed E-state index contributed by atoms with van der Waals surface area (Å²) < 4.78 is 0. The molecule has 9 amide bonds. The molecular weight excluding hydrogens is 1080 g/mol. The van der Waals surface area contributed by atoms with Crippen molar-refractivity contribution in [3.8, 4) is 0 Å². The van der Waals surface area contributed by atoms with Gasteiger partial charge in [-0.25, -0.2) is 4.79 Å². The Labute approximate surface area is 476 Å². The quantitative estimate of drug-likeness (QED) is 0.0154. The van der Waals surface area contributed by atoms with E-state index in [2.05, 4.69) is 62.8 Å². The molecule has 0 aliphatic heterocycles. The minimum atomic E-state index is -1.64. The Morgan fingerprint density at radius 2 is 0.854 bits per heavy atom. The van der Waals surface area contributed by atoms with Crippen LogP contribution in [0, 0.1) is 17.8 Å². The zero-order chi connectivity index (χ0) is 62.8. The number of carboxylic acid groups (broad SMARTS) is 2. The number of aliphatic carboxylic acids is 2. The molecule has 0 aromatic carbocycles. The van der Waals surface area contributed by atoms with E-state index in [0.717, 1.165) is 0 Å². The van der Waals surface area contributed by atoms with Gasteiger partial charge in [0.2, 0.25) is 53.2 Å². The third kappa shape index (κ3) is 31.6. The average Bonchev–Trinajstić information content (AvgIpc) is 3.42. The lowest BCUT2D eigenvalue weighted by Crippen LogP contribution is -2.60. The van der Waals surface area contributed by atoms with Gasteiger partial charge in [0.05, 0.1) is 13.2 Å². The number of nitrogens with one attached hydrogen (secondary N) is 9. The van der Waals surface area contributed by atoms with E-state index in [9.17, 15) is 68.1 Å². The number of hydrogen-bond acceptors (Lipinski definition) is 16. The summed E-state index contributed by atoms with van der Waals surface area (Å²) in [6.45, 7) is 10.2. The SMILES string of the molecule is CC[C@H](C)[C@H](NC(=O)[C@H](CCC(=O)O)NC(=O)[C@H](CCCN=C(N)N)NC(=O)CNC(=O)[C@H](CCCN=C(N)N)NC(=O)[C@H](CCCN=C(N)N)NC(=O)[C@H](C)NC(=O)[C@@H](N)CO)C(=O)N[C@@H](CC(C)C)C(=O)N[C@@H](CC(C)C)C(=O)O. The third-order valence-corrected chi connectivity index (χ3v) is 12.2. The van der Waals surface area contributed by atoms with Crippen LogP contribution in [0.2, 0.25) is 0 Å². The number of hydrogen-bond donors (Lipinski definition) is 19. The second-order valence-corrected chi connectivity index (χ2v) is 20.4. The van der Waals surface area contributed by atoms with Crippen LogP contribution in [0.1, 0.15) is 119 Å². The van der Waals surface area contributed by atoms with Crippen LogP contribution in [0.15, 0.2) is 15.0 Å². The van der Waals surface area contributed by atoms with Crippen LogP contribution in [-0.4, -0.2) is 185 Å². The number of carboxylic acids is 2. The molecule has 0 radical (unpaired) electrons. The molecule has 0 rings (SSSR count). The Morgan fingerprint density at radius 3 is 1.28 bits per heavy atom. The summed E-state index contributed by atoms with van der Waals surface area (Å²) in [5.74, 6) is -12.4. The van der Waals surface area contributed by atoms with Crippen LogP contribution in [0.3, 0.4) is 0 Å². The molecule has 82 heavy (non-hydrogen) atoms. The maximum Gasteiger partial charge on any atom is 0.326 e. The molecule has 0 saturated carbocycles. The van der Waals surface area contributed by atoms with Crippen LogP contribution in [0.4, 0.5) is 0 Å². The number of rotatable bonds is 41. The molecule has 0 aliphatic carbocycles. The molecule has 26 N–H and O–H groups in total. The number of guanidine groups is 3. The largest absolute Gasteiger partial charge is 0.481 e. The van der Waals surface area contributed by atoms with E-state index in [1.165, 1.54) is 6.92 Å². The standard InChI is InChI=1S/C49H91N19O14/c1-8-26(6)37(45(80)66-33(20-24(2)3)44(79)67-34(46(81)82)21-25(4)5)68-43(78)32(15-16-36(71)72)65-41(76)30(13-10-18-58-48(53)54)62-35(70)22-60-40(75)29(12-9-17-57-47(51)52)64-42(77)31(14-11-19-59-49(55)56)63-38(73)27(7)61-39(74)28(50)23-69/h24-34,37,69H,8-23,50H2,1-7H3,(H,60,75)(H,61,74)(H,62,70)(H,63,73)(H,64,77)(H,65,76)(H,66,80)(H,67,79)(H,68,78)(H,71,72)(H,81,82)(H4,51,52,57)(H4,53,54,58)(H4,55,56,59)/t26-,27-,28-,29-,30-,31-,32-,33-,34-,37-/m0/s1. The van der Waals surface area contributed by atoms with Crippen molar-refractivity contribution >= 4 is 83.0 Å². The molecule has 0 fully saturated rings. The number of carbonyl (C=O) groups excluding carboxylic acids is 9. The molecule has 33 nitrogen and oxygen atoms in total. The first kappa shape index (κ1) is 73.9. The monoisotopic (exact) mass is 1170 g/mol. The summed E-state index contributed by atoms with van der Waals surface area (Å²) in [4.78, 5) is 158. The van der Waals surface area contributed by atoms with E-state index >= 15 is 0 Å². The van der Waals surface area contributed by atoms with Crippen LogP contribution in [0.25, 0.3) is 0 Å². The summed E-state index contributed by atoms with van der Waals surface area (Å²) in [5, 5.41) is 51.0. The first-order valence-electron chi connectivity index (χ1n) is 27.0. The third-order valence-electron chi connectivity index (χ3n) is 12.2. The minimum Gasteiger partial charge on any atom is -0.481 e. The predicted octanol–water partition coefficient (Wildman–Crippen LogP) is -6.43. The zero-order valence-corrected chi connectivity index (χ0v) is 48.0. The van der Waals surface area contributed by atoms with Gasteiger partial charge >= 0.3 is 11.9 Å². The molecule has 33 heteroatoms. The van der Waals surface area contributed by atoms with E-state index < -0.39 is 151 Å². The Morgan fingerprint density at radius 1 is 0.463 bits per heavy atom. The van der Waals surface area contributed by atoms with Gasteiger partial charge in [-0.3, -0.25) is 62.9 Å². The molecule has 10 atom stereocenters. The predicted molar refractivity (Wildman–Crippen MR) is 302 cm³/mol. The highest BCUT2D eigenvalue weighted by Crippen LogP contribution is 2.14. The normalized spacial score (nSPS) is 14.6. The molecule has 0 bridgehead atoms. The van der Waals surface area contributed by atoms with Gasteiger partial charge in [-0.05, 0) is 82.5 Å². The summed E-state index contributed by atoms with van der Waals surface area (Å²) in [6.07, 6.45) is -0.811. The second kappa shape index (κ2) is 39.3. The smallest absolute Gasteiger partial charge is 0.326 e. The minimum absolute atomic E-state index is 0.00532. The fraction of sp³-hybridized carbons (Fsp3) is 0.714. The van der Waals surface area contributed by atoms with Crippen molar-refractivity contribution in [2.45, 2.75) is 173 Å². The fourth-order valence-electron chi connectivity index (χ4n) is 7.59. The number of carbonyl (C=O) groups is 11. The zero-order valence-electron chi connectivity index (χ0n) is 48.0. The van der Waals surface area contributed by atoms with Gasteiger partial charge in [-0.1, -0.05) is 48.0 Å². The molecule has 0 aromatic heterocycles. The first-order valence-corrected chi connectivity index (χ1v) is 27.0. The van der Waals surface area contributed by atoms with E-state index in [0.29, 0.717) is 6.42 Å². The summed E-state index contributed by atoms with van der Waals surface area (Å²) in [6, 6.07) is -12.4. The summed E-state index contributed by atoms with van der Waals surface area (Å²) in [7, 11) is 0. The van der Waals surface area contributed by atoms with Crippen molar-refractivity contribution in [2.24, 2.45) is 72.9 Å². The van der Waals surface area contributed by atoms with E-state index in [4.69, 9.17) is 40.1 Å². The van der Waals surface area contributed by atoms with Gasteiger partial charge in [-0.2, -0.15) is 0 Å². The number of nitrogens with two attached hydrogens (primary N) is 7. The summed E-state index contributed by atoms with van der Waals surface area (Å²) in [5.41, 5.74) is 38.3. The lowest BCUT2D eigenvalue weighted by molar-refractivity contribution is -0.143. The van der Waals surface area contributed by atoms with Crippen molar-refractivity contribution in [1.29, 1.82) is 0 Å². The Hall–Kier alpha value is -8.10. The highest BCUT2D eigenvalue weighted by molar-refractivity contribution is 5.98. The van der Waals surface area contributed by atoms with Crippen molar-refractivity contribution in [3.05, 3.63) is 0 Å². The van der Waals surface area contributed by atoms with Gasteiger partial charge in [0.25, 0.3) is 0 Å². The van der Waals surface area contributed by atoms with Crippen molar-refractivity contribution < 1.29 is 68.1 Å². The van der Waals surface area contributed by atoms with Gasteiger partial charge < -0.3 is 103 Å². The fourth-order valence-corrected chi connectivity index (χ4v) is 7.59. The highest BCUT2D eigenvalue weighted by Gasteiger charge is 2.36. The second-order valence-electron chi connectivity index (χ2n) is 20.4. The molecular formula is C49H91N19O14. The van der Waals surface area contributed by atoms with Crippen LogP contribution in [-0.2, 0) is 52.7 Å². The van der Waals surface area contributed by atoms with Crippen LogP contribution in [0.5, 0.6) is 0 Å². The number of amides is 9. The molecule has 466 valence electrons. The van der Waals surface area contributed by atoms with Gasteiger partial charge in [0.15, 0.2) is 17.9 Å². The molecule has 0 heterocycles. The van der Waals surface area contributed by atoms with Crippen LogP contribution >= 0.6 is 0 Å².